The molecule has 0 spiro atoms. The quantitative estimate of drug-likeness (QED) is 0.482. The van der Waals surface area contributed by atoms with E-state index >= 15 is 0 Å². The molecule has 4 aromatic rings. The van der Waals surface area contributed by atoms with Crippen molar-refractivity contribution >= 4 is 32.4 Å². The molecule has 1 aliphatic carbocycles. The summed E-state index contributed by atoms with van der Waals surface area (Å²) in [6.45, 7) is 0.567. The topological polar surface area (TPSA) is 80.5 Å². The van der Waals surface area contributed by atoms with Crippen molar-refractivity contribution in [3.05, 3.63) is 95.6 Å². The predicted molar refractivity (Wildman–Crippen MR) is 134 cm³/mol. The first-order valence-electron chi connectivity index (χ1n) is 11.4. The van der Waals surface area contributed by atoms with E-state index < -0.39 is 10.0 Å². The Morgan fingerprint density at radius 2 is 1.50 bits per heavy atom. The normalized spacial score (nSPS) is 17.1. The summed E-state index contributed by atoms with van der Waals surface area (Å²) in [7, 11) is -3.82. The molecule has 6 rings (SSSR count). The van der Waals surface area contributed by atoms with Gasteiger partial charge in [0.1, 0.15) is 0 Å². The second-order valence-corrected chi connectivity index (χ2v) is 10.8. The first-order valence-corrected chi connectivity index (χ1v) is 13.0. The molecular weight excluding hydrogens is 444 g/mol. The van der Waals surface area contributed by atoms with E-state index in [2.05, 4.69) is 48.5 Å². The van der Waals surface area contributed by atoms with Gasteiger partial charge in [-0.1, -0.05) is 60.7 Å². The highest BCUT2D eigenvalue weighted by atomic mass is 32.2. The van der Waals surface area contributed by atoms with Crippen LogP contribution in [0.25, 0.3) is 21.9 Å². The minimum absolute atomic E-state index is 0.0423. The number of benzene rings is 4. The van der Waals surface area contributed by atoms with Gasteiger partial charge in [0.2, 0.25) is 15.9 Å². The lowest BCUT2D eigenvalue weighted by atomic mass is 9.98. The number of sulfonamides is 1. The van der Waals surface area contributed by atoms with E-state index in [-0.39, 0.29) is 16.7 Å². The van der Waals surface area contributed by atoms with Crippen molar-refractivity contribution in [1.82, 2.24) is 0 Å². The molecule has 1 atom stereocenters. The Morgan fingerprint density at radius 1 is 0.794 bits per heavy atom. The Balaban J connectivity index is 1.26. The van der Waals surface area contributed by atoms with E-state index in [4.69, 9.17) is 5.14 Å². The van der Waals surface area contributed by atoms with Gasteiger partial charge in [-0.05, 0) is 76.1 Å². The highest BCUT2D eigenvalue weighted by molar-refractivity contribution is 7.89. The molecule has 170 valence electrons. The Hall–Kier alpha value is -3.48. The summed E-state index contributed by atoms with van der Waals surface area (Å²) in [6, 6.07) is 26.1. The lowest BCUT2D eigenvalue weighted by Gasteiger charge is -2.21. The molecule has 4 aromatic carbocycles. The van der Waals surface area contributed by atoms with Crippen LogP contribution in [-0.2, 0) is 34.1 Å². The van der Waals surface area contributed by atoms with Crippen molar-refractivity contribution in [2.75, 3.05) is 11.4 Å². The van der Waals surface area contributed by atoms with Gasteiger partial charge < -0.3 is 4.90 Å². The molecule has 0 unspecified atom stereocenters. The van der Waals surface area contributed by atoms with Gasteiger partial charge in [-0.2, -0.15) is 0 Å². The van der Waals surface area contributed by atoms with E-state index in [1.807, 2.05) is 12.1 Å². The van der Waals surface area contributed by atoms with Gasteiger partial charge >= 0.3 is 0 Å². The summed E-state index contributed by atoms with van der Waals surface area (Å²) in [4.78, 5) is 15.3. The van der Waals surface area contributed by atoms with Gasteiger partial charge in [0.25, 0.3) is 0 Å². The summed E-state index contributed by atoms with van der Waals surface area (Å²) in [5.41, 5.74) is 6.39. The third-order valence-corrected chi connectivity index (χ3v) is 8.03. The van der Waals surface area contributed by atoms with Crippen molar-refractivity contribution in [2.45, 2.75) is 24.2 Å². The molecule has 2 aliphatic rings. The fourth-order valence-corrected chi connectivity index (χ4v) is 5.86. The number of carbonyl (C=O) groups is 1. The monoisotopic (exact) mass is 468 g/mol. The van der Waals surface area contributed by atoms with Crippen LogP contribution in [0.1, 0.15) is 16.7 Å². The summed E-state index contributed by atoms with van der Waals surface area (Å²) >= 11 is 0. The number of amides is 1. The zero-order valence-corrected chi connectivity index (χ0v) is 19.4. The summed E-state index contributed by atoms with van der Waals surface area (Å²) in [5, 5.41) is 7.74. The molecule has 1 heterocycles. The van der Waals surface area contributed by atoms with Crippen LogP contribution >= 0.6 is 0 Å². The number of fused-ring (bicyclic) bond motifs is 3. The Bertz CT molecular complexity index is 1580. The summed E-state index contributed by atoms with van der Waals surface area (Å²) in [6.07, 6.45) is 2.11. The zero-order valence-electron chi connectivity index (χ0n) is 18.6. The highest BCUT2D eigenvalue weighted by Gasteiger charge is 2.34. The summed E-state index contributed by atoms with van der Waals surface area (Å²) < 4.78 is 23.6. The van der Waals surface area contributed by atoms with Crippen molar-refractivity contribution in [1.29, 1.82) is 0 Å². The second kappa shape index (κ2) is 7.79. The van der Waals surface area contributed by atoms with Gasteiger partial charge in [0.15, 0.2) is 0 Å². The minimum atomic E-state index is -3.82. The van der Waals surface area contributed by atoms with Gasteiger partial charge in [-0.25, -0.2) is 13.6 Å². The van der Waals surface area contributed by atoms with Crippen LogP contribution in [0.5, 0.6) is 0 Å². The smallest absolute Gasteiger partial charge is 0.238 e. The zero-order chi connectivity index (χ0) is 23.4. The average molecular weight is 469 g/mol. The fourth-order valence-electron chi connectivity index (χ4n) is 5.33. The lowest BCUT2D eigenvalue weighted by Crippen LogP contribution is -2.35. The molecule has 2 N–H and O–H groups in total. The third-order valence-electron chi connectivity index (χ3n) is 7.12. The first-order chi connectivity index (χ1) is 16.4. The summed E-state index contributed by atoms with van der Waals surface area (Å²) in [5.74, 6) is -0.0975. The van der Waals surface area contributed by atoms with E-state index in [1.54, 1.807) is 11.0 Å². The molecular formula is C28H24N2O3S. The Morgan fingerprint density at radius 3 is 2.32 bits per heavy atom. The van der Waals surface area contributed by atoms with E-state index in [0.29, 0.717) is 25.1 Å². The van der Waals surface area contributed by atoms with Crippen LogP contribution < -0.4 is 10.0 Å². The molecule has 0 saturated heterocycles. The predicted octanol–water partition coefficient (Wildman–Crippen LogP) is 4.46. The maximum Gasteiger partial charge on any atom is 0.238 e. The average Bonchev–Trinajstić information content (AvgIpc) is 3.46. The van der Waals surface area contributed by atoms with Gasteiger partial charge in [0, 0.05) is 18.2 Å². The van der Waals surface area contributed by atoms with E-state index in [0.717, 1.165) is 17.5 Å². The van der Waals surface area contributed by atoms with Crippen molar-refractivity contribution in [3.8, 4) is 11.1 Å². The SMILES string of the molecule is NS(=O)(=O)c1ccc2c(c1)N(C(=O)[C@@H]1Cc3ccc(-c4ccc5ccccc5c4)cc3C1)CC2. The molecule has 5 nitrogen and oxygen atoms in total. The molecule has 1 aliphatic heterocycles. The number of nitrogens with zero attached hydrogens (tertiary/aromatic N) is 1. The fraction of sp³-hybridized carbons (Fsp3) is 0.179. The highest BCUT2D eigenvalue weighted by Crippen LogP contribution is 2.36. The van der Waals surface area contributed by atoms with Crippen LogP contribution in [0.4, 0.5) is 5.69 Å². The second-order valence-electron chi connectivity index (χ2n) is 9.23. The Labute approximate surface area is 198 Å². The number of hydrogen-bond donors (Lipinski definition) is 1. The molecule has 0 radical (unpaired) electrons. The Kier molecular flexibility index (Phi) is 4.83. The van der Waals surface area contributed by atoms with E-state index in [1.165, 1.54) is 39.6 Å². The molecule has 0 bridgehead atoms. The molecule has 1 amide bonds. The first kappa shape index (κ1) is 21.1. The number of primary sulfonamides is 1. The molecule has 6 heteroatoms. The van der Waals surface area contributed by atoms with Crippen LogP contribution in [0, 0.1) is 5.92 Å². The molecule has 0 saturated carbocycles. The number of anilines is 1. The van der Waals surface area contributed by atoms with Gasteiger partial charge in [-0.15, -0.1) is 0 Å². The van der Waals surface area contributed by atoms with Gasteiger partial charge in [0.05, 0.1) is 4.90 Å². The number of nitrogens with two attached hydrogens (primary N) is 1. The van der Waals surface area contributed by atoms with Crippen molar-refractivity contribution < 1.29 is 13.2 Å². The number of carbonyl (C=O) groups excluding carboxylic acids is 1. The maximum absolute atomic E-state index is 13.5. The third kappa shape index (κ3) is 3.59. The lowest BCUT2D eigenvalue weighted by molar-refractivity contribution is -0.122. The molecule has 0 fully saturated rings. The molecule has 34 heavy (non-hydrogen) atoms. The largest absolute Gasteiger partial charge is 0.312 e. The number of rotatable bonds is 3. The van der Waals surface area contributed by atoms with Crippen LogP contribution in [0.2, 0.25) is 0 Å². The van der Waals surface area contributed by atoms with E-state index in [9.17, 15) is 13.2 Å². The number of hydrogen-bond acceptors (Lipinski definition) is 3. The molecule has 0 aromatic heterocycles. The van der Waals surface area contributed by atoms with Gasteiger partial charge in [-0.3, -0.25) is 4.79 Å². The maximum atomic E-state index is 13.5. The standard InChI is InChI=1S/C28H24N2O3S/c29-34(32,33)26-10-9-19-11-12-30(27(19)17-26)28(31)25-15-23-8-7-22(14-24(23)16-25)21-6-5-18-3-1-2-4-20(18)13-21/h1-10,13-14,17,25H,11-12,15-16H2,(H2,29,32,33)/t25-/m1/s1. The van der Waals surface area contributed by atoms with Crippen molar-refractivity contribution in [2.24, 2.45) is 11.1 Å². The van der Waals surface area contributed by atoms with Crippen LogP contribution in [0.15, 0.2) is 83.8 Å². The minimum Gasteiger partial charge on any atom is -0.312 e. The van der Waals surface area contributed by atoms with Crippen molar-refractivity contribution in [3.63, 3.8) is 0 Å². The van der Waals surface area contributed by atoms with Crippen LogP contribution in [-0.4, -0.2) is 20.9 Å². The van der Waals surface area contributed by atoms with Crippen LogP contribution in [0.3, 0.4) is 0 Å².